The maximum atomic E-state index is 11.9. The number of aliphatic imine (C=N–C) groups is 1. The zero-order chi connectivity index (χ0) is 18.2. The van der Waals surface area contributed by atoms with Crippen LogP contribution in [-0.2, 0) is 10.3 Å². The highest BCUT2D eigenvalue weighted by Crippen LogP contribution is 2.39. The van der Waals surface area contributed by atoms with Crippen molar-refractivity contribution in [2.75, 3.05) is 6.61 Å². The van der Waals surface area contributed by atoms with Gasteiger partial charge in [-0.3, -0.25) is 0 Å². The largest absolute Gasteiger partial charge is 0.476 e. The van der Waals surface area contributed by atoms with E-state index < -0.39 is 5.60 Å². The van der Waals surface area contributed by atoms with Gasteiger partial charge in [-0.05, 0) is 30.4 Å². The Labute approximate surface area is 150 Å². The summed E-state index contributed by atoms with van der Waals surface area (Å²) in [5.74, 6) is 0.399. The maximum Gasteiger partial charge on any atom is 0.226 e. The highest BCUT2D eigenvalue weighted by atomic mass is 16.5. The molecule has 1 aliphatic rings. The number of aliphatic hydroxyl groups is 1. The molecule has 25 heavy (non-hydrogen) atoms. The normalized spacial score (nSPS) is 18.0. The number of hydrogen-bond donors (Lipinski definition) is 1. The number of hydrogen-bond acceptors (Lipinski definition) is 3. The lowest BCUT2D eigenvalue weighted by atomic mass is 9.81. The summed E-state index contributed by atoms with van der Waals surface area (Å²) in [7, 11) is 0. The van der Waals surface area contributed by atoms with Gasteiger partial charge in [-0.25, -0.2) is 4.99 Å². The first-order valence-electron chi connectivity index (χ1n) is 8.80. The molecule has 1 aliphatic heterocycles. The summed E-state index contributed by atoms with van der Waals surface area (Å²) >= 11 is 0. The van der Waals surface area contributed by atoms with Crippen LogP contribution < -0.4 is 0 Å². The van der Waals surface area contributed by atoms with Crippen molar-refractivity contribution < 1.29 is 9.84 Å². The van der Waals surface area contributed by atoms with Gasteiger partial charge < -0.3 is 9.84 Å². The van der Waals surface area contributed by atoms with Crippen molar-refractivity contribution >= 4 is 5.90 Å². The molecule has 3 rings (SSSR count). The van der Waals surface area contributed by atoms with Gasteiger partial charge in [0.05, 0.1) is 6.04 Å². The molecule has 3 nitrogen and oxygen atoms in total. The number of rotatable bonds is 3. The number of nitrogens with zero attached hydrogens (tertiary/aromatic N) is 1. The van der Waals surface area contributed by atoms with Crippen LogP contribution in [0.1, 0.15) is 43.0 Å². The molecule has 1 heterocycles. The van der Waals surface area contributed by atoms with E-state index in [4.69, 9.17) is 9.73 Å². The number of benzene rings is 2. The highest BCUT2D eigenvalue weighted by molar-refractivity contribution is 5.92. The standard InChI is InChI=1S/C22H27NO2/c1-15-10-6-8-12-17(15)22(24,18-13-9-7-11-16(18)2)20-23-19(14-25-20)21(3,4)5/h6-13,19,24H,14H2,1-5H3/t19-/m1/s1. The van der Waals surface area contributed by atoms with E-state index in [0.717, 1.165) is 22.3 Å². The van der Waals surface area contributed by atoms with Crippen molar-refractivity contribution in [3.63, 3.8) is 0 Å². The topological polar surface area (TPSA) is 41.8 Å². The molecule has 0 bridgehead atoms. The lowest BCUT2D eigenvalue weighted by Crippen LogP contribution is -2.38. The van der Waals surface area contributed by atoms with Crippen LogP contribution in [0.4, 0.5) is 0 Å². The first-order chi connectivity index (χ1) is 11.7. The Morgan fingerprint density at radius 2 is 1.40 bits per heavy atom. The molecule has 0 saturated carbocycles. The molecule has 2 aromatic rings. The Kier molecular flexibility index (Phi) is 4.46. The minimum absolute atomic E-state index is 0.0138. The second kappa shape index (κ2) is 6.30. The number of ether oxygens (including phenoxy) is 1. The first kappa shape index (κ1) is 17.7. The van der Waals surface area contributed by atoms with E-state index in [9.17, 15) is 5.11 Å². The molecule has 1 atom stereocenters. The molecule has 0 spiro atoms. The van der Waals surface area contributed by atoms with Gasteiger partial charge in [0.2, 0.25) is 5.90 Å². The fourth-order valence-electron chi connectivity index (χ4n) is 3.35. The lowest BCUT2D eigenvalue weighted by Gasteiger charge is -2.31. The number of aryl methyl sites for hydroxylation is 2. The van der Waals surface area contributed by atoms with Gasteiger partial charge in [-0.1, -0.05) is 69.3 Å². The molecule has 0 fully saturated rings. The third-order valence-electron chi connectivity index (χ3n) is 5.03. The Hall–Kier alpha value is -2.13. The third-order valence-corrected chi connectivity index (χ3v) is 5.03. The second-order valence-electron chi connectivity index (χ2n) is 7.97. The Morgan fingerprint density at radius 1 is 0.920 bits per heavy atom. The third kappa shape index (κ3) is 3.09. The molecule has 2 aromatic carbocycles. The summed E-state index contributed by atoms with van der Waals surface area (Å²) in [6.07, 6.45) is 0. The molecule has 0 aromatic heterocycles. The van der Waals surface area contributed by atoms with E-state index in [1.165, 1.54) is 0 Å². The summed E-state index contributed by atoms with van der Waals surface area (Å²) in [6.45, 7) is 11.0. The Balaban J connectivity index is 2.22. The van der Waals surface area contributed by atoms with Crippen LogP contribution in [0.3, 0.4) is 0 Å². The van der Waals surface area contributed by atoms with Crippen LogP contribution >= 0.6 is 0 Å². The van der Waals surface area contributed by atoms with E-state index in [1.807, 2.05) is 62.4 Å². The summed E-state index contributed by atoms with van der Waals surface area (Å²) in [5, 5.41) is 11.9. The van der Waals surface area contributed by atoms with Crippen molar-refractivity contribution in [3.05, 3.63) is 70.8 Å². The summed E-state index contributed by atoms with van der Waals surface area (Å²) in [5.41, 5.74) is 2.27. The van der Waals surface area contributed by atoms with Gasteiger partial charge >= 0.3 is 0 Å². The molecular formula is C22H27NO2. The van der Waals surface area contributed by atoms with Gasteiger partial charge in [-0.15, -0.1) is 0 Å². The fraction of sp³-hybridized carbons (Fsp3) is 0.409. The molecular weight excluding hydrogens is 310 g/mol. The smallest absolute Gasteiger partial charge is 0.226 e. The Morgan fingerprint density at radius 3 is 1.80 bits per heavy atom. The quantitative estimate of drug-likeness (QED) is 0.903. The zero-order valence-corrected chi connectivity index (χ0v) is 15.7. The van der Waals surface area contributed by atoms with Gasteiger partial charge in [0, 0.05) is 11.1 Å². The minimum Gasteiger partial charge on any atom is -0.476 e. The van der Waals surface area contributed by atoms with E-state index in [2.05, 4.69) is 20.8 Å². The SMILES string of the molecule is Cc1ccccc1C(O)(C1=N[C@@H](C(C)(C)C)CO1)c1ccccc1C. The maximum absolute atomic E-state index is 11.9. The molecule has 0 unspecified atom stereocenters. The van der Waals surface area contributed by atoms with Crippen LogP contribution in [0, 0.1) is 19.3 Å². The van der Waals surface area contributed by atoms with Crippen molar-refractivity contribution in [2.45, 2.75) is 46.3 Å². The molecule has 3 heteroatoms. The van der Waals surface area contributed by atoms with Crippen molar-refractivity contribution in [1.82, 2.24) is 0 Å². The molecule has 132 valence electrons. The average Bonchev–Trinajstić information content (AvgIpc) is 3.06. The lowest BCUT2D eigenvalue weighted by molar-refractivity contribution is 0.118. The van der Waals surface area contributed by atoms with Crippen molar-refractivity contribution in [3.8, 4) is 0 Å². The molecule has 0 radical (unpaired) electrons. The van der Waals surface area contributed by atoms with Crippen LogP contribution in [-0.4, -0.2) is 23.7 Å². The Bertz CT molecular complexity index is 756. The van der Waals surface area contributed by atoms with Crippen molar-refractivity contribution in [1.29, 1.82) is 0 Å². The monoisotopic (exact) mass is 337 g/mol. The van der Waals surface area contributed by atoms with Gasteiger partial charge in [-0.2, -0.15) is 0 Å². The van der Waals surface area contributed by atoms with E-state index in [-0.39, 0.29) is 11.5 Å². The fourth-order valence-corrected chi connectivity index (χ4v) is 3.35. The molecule has 0 amide bonds. The average molecular weight is 337 g/mol. The van der Waals surface area contributed by atoms with Crippen LogP contribution in [0.2, 0.25) is 0 Å². The minimum atomic E-state index is -1.38. The summed E-state index contributed by atoms with van der Waals surface area (Å²) < 4.78 is 5.98. The predicted octanol–water partition coefficient (Wildman–Crippen LogP) is 4.38. The predicted molar refractivity (Wildman–Crippen MR) is 102 cm³/mol. The van der Waals surface area contributed by atoms with E-state index in [0.29, 0.717) is 12.5 Å². The first-order valence-corrected chi connectivity index (χ1v) is 8.80. The summed E-state index contributed by atoms with van der Waals surface area (Å²) in [4.78, 5) is 4.81. The highest BCUT2D eigenvalue weighted by Gasteiger charge is 2.45. The molecule has 1 N–H and O–H groups in total. The summed E-state index contributed by atoms with van der Waals surface area (Å²) in [6, 6.07) is 15.8. The molecule has 0 saturated heterocycles. The van der Waals surface area contributed by atoms with Gasteiger partial charge in [0.1, 0.15) is 6.61 Å². The van der Waals surface area contributed by atoms with E-state index >= 15 is 0 Å². The van der Waals surface area contributed by atoms with Crippen LogP contribution in [0.25, 0.3) is 0 Å². The van der Waals surface area contributed by atoms with Gasteiger partial charge in [0.15, 0.2) is 5.60 Å². The van der Waals surface area contributed by atoms with Crippen molar-refractivity contribution in [2.24, 2.45) is 10.4 Å². The van der Waals surface area contributed by atoms with Crippen LogP contribution in [0.5, 0.6) is 0 Å². The van der Waals surface area contributed by atoms with Gasteiger partial charge in [0.25, 0.3) is 0 Å². The zero-order valence-electron chi connectivity index (χ0n) is 15.7. The van der Waals surface area contributed by atoms with E-state index in [1.54, 1.807) is 0 Å². The second-order valence-corrected chi connectivity index (χ2v) is 7.97. The molecule has 0 aliphatic carbocycles. The van der Waals surface area contributed by atoms with Crippen LogP contribution in [0.15, 0.2) is 53.5 Å².